The number of hydrogen-bond acceptors (Lipinski definition) is 3. The maximum Gasteiger partial charge on any atom is 0.304 e. The van der Waals surface area contributed by atoms with Crippen LogP contribution in [0.5, 0.6) is 0 Å². The van der Waals surface area contributed by atoms with Crippen LogP contribution in [-0.2, 0) is 14.3 Å². The first-order valence-corrected chi connectivity index (χ1v) is 4.37. The minimum atomic E-state index is -0.564. The fourth-order valence-corrected chi connectivity index (χ4v) is 1.35. The molecule has 0 radical (unpaired) electrons. The van der Waals surface area contributed by atoms with Gasteiger partial charge in [0.05, 0.1) is 0 Å². The average molecular weight is 185 g/mol. The molecule has 0 aliphatic carbocycles. The molecule has 4 heteroatoms. The lowest BCUT2D eigenvalue weighted by molar-refractivity contribution is -0.185. The molecule has 0 aromatic carbocycles. The van der Waals surface area contributed by atoms with Gasteiger partial charge in [0.25, 0.3) is 0 Å². The van der Waals surface area contributed by atoms with Crippen LogP contribution in [0.1, 0.15) is 27.7 Å². The number of hydrogen-bond donors (Lipinski definition) is 1. The summed E-state index contributed by atoms with van der Waals surface area (Å²) in [6.07, 6.45) is -0.461. The normalized spacial score (nSPS) is 32.4. The lowest BCUT2D eigenvalue weighted by atomic mass is 9.71. The number of β-lactam (4-membered cyclic amide) rings is 1. The van der Waals surface area contributed by atoms with Crippen molar-refractivity contribution in [1.29, 1.82) is 0 Å². The van der Waals surface area contributed by atoms with Crippen molar-refractivity contribution in [3.05, 3.63) is 0 Å². The molecule has 1 unspecified atom stereocenters. The molecule has 1 aliphatic rings. The van der Waals surface area contributed by atoms with E-state index in [1.54, 1.807) is 0 Å². The molecule has 0 spiro atoms. The summed E-state index contributed by atoms with van der Waals surface area (Å²) in [6, 6.07) is 0. The van der Waals surface area contributed by atoms with Gasteiger partial charge in [-0.15, -0.1) is 0 Å². The topological polar surface area (TPSA) is 55.4 Å². The molecule has 74 valence electrons. The van der Waals surface area contributed by atoms with Crippen molar-refractivity contribution in [2.45, 2.75) is 33.9 Å². The van der Waals surface area contributed by atoms with E-state index in [0.717, 1.165) is 0 Å². The van der Waals surface area contributed by atoms with Crippen molar-refractivity contribution in [2.75, 3.05) is 0 Å². The molecule has 2 atom stereocenters. The Kier molecular flexibility index (Phi) is 2.32. The van der Waals surface area contributed by atoms with Crippen LogP contribution in [0, 0.1) is 11.3 Å². The highest BCUT2D eigenvalue weighted by atomic mass is 16.6. The summed E-state index contributed by atoms with van der Waals surface area (Å²) in [7, 11) is 0. The molecule has 1 rings (SSSR count). The summed E-state index contributed by atoms with van der Waals surface area (Å²) in [4.78, 5) is 22.0. The van der Waals surface area contributed by atoms with E-state index in [1.165, 1.54) is 6.92 Å². The Morgan fingerprint density at radius 1 is 1.62 bits per heavy atom. The van der Waals surface area contributed by atoms with Gasteiger partial charge in [0, 0.05) is 6.92 Å². The Morgan fingerprint density at radius 3 is 2.46 bits per heavy atom. The van der Waals surface area contributed by atoms with E-state index in [1.807, 2.05) is 20.8 Å². The van der Waals surface area contributed by atoms with Crippen LogP contribution in [-0.4, -0.2) is 18.1 Å². The predicted octanol–water partition coefficient (Wildman–Crippen LogP) is 0.668. The van der Waals surface area contributed by atoms with E-state index >= 15 is 0 Å². The van der Waals surface area contributed by atoms with Gasteiger partial charge in [-0.1, -0.05) is 13.8 Å². The summed E-state index contributed by atoms with van der Waals surface area (Å²) in [5, 5.41) is 2.56. The second-order valence-electron chi connectivity index (χ2n) is 3.90. The second kappa shape index (κ2) is 3.01. The smallest absolute Gasteiger partial charge is 0.304 e. The monoisotopic (exact) mass is 185 g/mol. The molecule has 0 saturated carbocycles. The van der Waals surface area contributed by atoms with Crippen LogP contribution in [0.4, 0.5) is 0 Å². The quantitative estimate of drug-likeness (QED) is 0.508. The summed E-state index contributed by atoms with van der Waals surface area (Å²) in [5.74, 6) is -0.253. The fraction of sp³-hybridized carbons (Fsp3) is 0.778. The number of nitrogens with one attached hydrogen (secondary N) is 1. The average Bonchev–Trinajstić information content (AvgIpc) is 2.01. The number of rotatable bonds is 2. The van der Waals surface area contributed by atoms with Crippen molar-refractivity contribution in [2.24, 2.45) is 11.3 Å². The van der Waals surface area contributed by atoms with Crippen molar-refractivity contribution in [3.63, 3.8) is 0 Å². The van der Waals surface area contributed by atoms with Crippen molar-refractivity contribution in [1.82, 2.24) is 5.32 Å². The molecular weight excluding hydrogens is 170 g/mol. The molecule has 1 fully saturated rings. The van der Waals surface area contributed by atoms with Crippen molar-refractivity contribution in [3.8, 4) is 0 Å². The molecule has 4 nitrogen and oxygen atoms in total. The molecule has 1 aliphatic heterocycles. The van der Waals surface area contributed by atoms with E-state index in [2.05, 4.69) is 5.32 Å². The Balaban J connectivity index is 2.71. The molecule has 1 saturated heterocycles. The zero-order chi connectivity index (χ0) is 10.2. The summed E-state index contributed by atoms with van der Waals surface area (Å²) in [5.41, 5.74) is -0.564. The molecule has 1 N–H and O–H groups in total. The highest BCUT2D eigenvalue weighted by Gasteiger charge is 2.55. The van der Waals surface area contributed by atoms with Crippen LogP contribution < -0.4 is 5.32 Å². The molecule has 0 bridgehead atoms. The van der Waals surface area contributed by atoms with Gasteiger partial charge >= 0.3 is 5.97 Å². The van der Waals surface area contributed by atoms with E-state index in [0.29, 0.717) is 0 Å². The Hall–Kier alpha value is -1.06. The SMILES string of the molecule is CC(=O)OC1NC(=O)[C@]1(C)C(C)C. The molecule has 0 aromatic heterocycles. The highest BCUT2D eigenvalue weighted by molar-refractivity contribution is 5.90. The Bertz CT molecular complexity index is 249. The number of amides is 1. The van der Waals surface area contributed by atoms with Gasteiger partial charge in [0.15, 0.2) is 6.23 Å². The zero-order valence-electron chi connectivity index (χ0n) is 8.38. The third kappa shape index (κ3) is 1.41. The van der Waals surface area contributed by atoms with Crippen LogP contribution in [0.25, 0.3) is 0 Å². The predicted molar refractivity (Wildman–Crippen MR) is 46.6 cm³/mol. The van der Waals surface area contributed by atoms with Crippen LogP contribution >= 0.6 is 0 Å². The summed E-state index contributed by atoms with van der Waals surface area (Å²) < 4.78 is 4.96. The fourth-order valence-electron chi connectivity index (χ4n) is 1.35. The third-order valence-corrected chi connectivity index (χ3v) is 2.78. The van der Waals surface area contributed by atoms with E-state index in [-0.39, 0.29) is 17.8 Å². The number of carbonyl (C=O) groups is 2. The van der Waals surface area contributed by atoms with Crippen molar-refractivity contribution >= 4 is 11.9 Å². The lowest BCUT2D eigenvalue weighted by Gasteiger charge is -2.47. The van der Waals surface area contributed by atoms with Crippen LogP contribution in [0.2, 0.25) is 0 Å². The minimum Gasteiger partial charge on any atom is -0.441 e. The van der Waals surface area contributed by atoms with Gasteiger partial charge in [0.2, 0.25) is 5.91 Å². The zero-order valence-corrected chi connectivity index (χ0v) is 8.38. The Labute approximate surface area is 77.6 Å². The number of ether oxygens (including phenoxy) is 1. The van der Waals surface area contributed by atoms with Gasteiger partial charge in [-0.05, 0) is 12.8 Å². The maximum atomic E-state index is 11.3. The number of carbonyl (C=O) groups excluding carboxylic acids is 2. The maximum absolute atomic E-state index is 11.3. The number of esters is 1. The molecule has 13 heavy (non-hydrogen) atoms. The van der Waals surface area contributed by atoms with E-state index < -0.39 is 11.6 Å². The standard InChI is InChI=1S/C9H15NO3/c1-5(2)9(4)7(12)10-8(9)13-6(3)11/h5,8H,1-4H3,(H,10,12)/t8?,9-/m0/s1. The Morgan fingerprint density at radius 2 is 2.15 bits per heavy atom. The first kappa shape index (κ1) is 10.0. The van der Waals surface area contributed by atoms with Crippen LogP contribution in [0.3, 0.4) is 0 Å². The lowest BCUT2D eigenvalue weighted by Crippen LogP contribution is -2.69. The summed E-state index contributed by atoms with van der Waals surface area (Å²) in [6.45, 7) is 7.03. The molecule has 0 aromatic rings. The molecular formula is C9H15NO3. The third-order valence-electron chi connectivity index (χ3n) is 2.78. The molecule has 1 heterocycles. The first-order valence-electron chi connectivity index (χ1n) is 4.37. The van der Waals surface area contributed by atoms with Gasteiger partial charge in [-0.2, -0.15) is 0 Å². The summed E-state index contributed by atoms with van der Waals surface area (Å²) >= 11 is 0. The van der Waals surface area contributed by atoms with Gasteiger partial charge < -0.3 is 10.1 Å². The second-order valence-corrected chi connectivity index (χ2v) is 3.90. The van der Waals surface area contributed by atoms with E-state index in [9.17, 15) is 9.59 Å². The molecule has 1 amide bonds. The van der Waals surface area contributed by atoms with Gasteiger partial charge in [0.1, 0.15) is 5.41 Å². The largest absolute Gasteiger partial charge is 0.441 e. The van der Waals surface area contributed by atoms with Gasteiger partial charge in [-0.3, -0.25) is 9.59 Å². The highest BCUT2D eigenvalue weighted by Crippen LogP contribution is 2.38. The van der Waals surface area contributed by atoms with Crippen molar-refractivity contribution < 1.29 is 14.3 Å². The first-order chi connectivity index (χ1) is 5.89. The van der Waals surface area contributed by atoms with Crippen LogP contribution in [0.15, 0.2) is 0 Å². The van der Waals surface area contributed by atoms with Gasteiger partial charge in [-0.25, -0.2) is 0 Å². The van der Waals surface area contributed by atoms with E-state index in [4.69, 9.17) is 4.74 Å². The minimum absolute atomic E-state index is 0.0475.